The summed E-state index contributed by atoms with van der Waals surface area (Å²) in [5.74, 6) is -0.817. The highest BCUT2D eigenvalue weighted by Gasteiger charge is 2.33. The van der Waals surface area contributed by atoms with Crippen LogP contribution in [0, 0.1) is 5.92 Å². The topological polar surface area (TPSA) is 57.6 Å². The van der Waals surface area contributed by atoms with Crippen LogP contribution in [0.2, 0.25) is 0 Å². The number of carboxylic acids is 1. The zero-order chi connectivity index (χ0) is 14.1. The molecule has 1 saturated carbocycles. The van der Waals surface area contributed by atoms with Gasteiger partial charge in [0, 0.05) is 19.5 Å². The minimum Gasteiger partial charge on any atom is -0.481 e. The van der Waals surface area contributed by atoms with Crippen molar-refractivity contribution in [3.63, 3.8) is 0 Å². The molecule has 106 valence electrons. The predicted octanol–water partition coefficient (Wildman–Crippen LogP) is 2.39. The van der Waals surface area contributed by atoms with E-state index in [1.165, 1.54) is 6.42 Å². The van der Waals surface area contributed by atoms with Crippen LogP contribution in [0.25, 0.3) is 0 Å². The van der Waals surface area contributed by atoms with Crippen LogP contribution >= 0.6 is 0 Å². The van der Waals surface area contributed by atoms with E-state index in [-0.39, 0.29) is 5.91 Å². The molecule has 0 bridgehead atoms. The van der Waals surface area contributed by atoms with Gasteiger partial charge < -0.3 is 10.0 Å². The highest BCUT2D eigenvalue weighted by molar-refractivity contribution is 5.81. The highest BCUT2D eigenvalue weighted by Crippen LogP contribution is 2.33. The van der Waals surface area contributed by atoms with Crippen LogP contribution in [-0.4, -0.2) is 28.4 Å². The monoisotopic (exact) mass is 273 g/mol. The molecule has 20 heavy (non-hydrogen) atoms. The molecular weight excluding hydrogens is 254 g/mol. The minimum absolute atomic E-state index is 0.107. The molecule has 0 spiro atoms. The van der Waals surface area contributed by atoms with E-state index < -0.39 is 11.9 Å². The molecule has 1 fully saturated rings. The molecule has 1 aromatic rings. The SMILES string of the molecule is O=C(O)C1CN(C(=O)CC2CCC2)Cc2ccccc21. The molecule has 1 N–H and O–H groups in total. The summed E-state index contributed by atoms with van der Waals surface area (Å²) in [6.07, 6.45) is 4.07. The van der Waals surface area contributed by atoms with Gasteiger partial charge in [-0.15, -0.1) is 0 Å². The van der Waals surface area contributed by atoms with Gasteiger partial charge >= 0.3 is 5.97 Å². The number of benzene rings is 1. The lowest BCUT2D eigenvalue weighted by molar-refractivity contribution is -0.141. The van der Waals surface area contributed by atoms with Gasteiger partial charge in [-0.2, -0.15) is 0 Å². The fraction of sp³-hybridized carbons (Fsp3) is 0.500. The first-order valence-electron chi connectivity index (χ1n) is 7.23. The highest BCUT2D eigenvalue weighted by atomic mass is 16.4. The molecular formula is C16H19NO3. The normalized spacial score (nSPS) is 22.0. The van der Waals surface area contributed by atoms with Gasteiger partial charge in [-0.3, -0.25) is 9.59 Å². The lowest BCUT2D eigenvalue weighted by Crippen LogP contribution is -2.41. The summed E-state index contributed by atoms with van der Waals surface area (Å²) in [6, 6.07) is 7.55. The number of carboxylic acid groups (broad SMARTS) is 1. The smallest absolute Gasteiger partial charge is 0.312 e. The van der Waals surface area contributed by atoms with Crippen molar-refractivity contribution in [3.05, 3.63) is 35.4 Å². The zero-order valence-corrected chi connectivity index (χ0v) is 11.4. The van der Waals surface area contributed by atoms with Crippen molar-refractivity contribution in [2.24, 2.45) is 5.92 Å². The standard InChI is InChI=1S/C16H19NO3/c18-15(8-11-4-3-5-11)17-9-12-6-1-2-7-13(12)14(10-17)16(19)20/h1-2,6-7,11,14H,3-5,8-10H2,(H,19,20). The molecule has 0 radical (unpaired) electrons. The number of hydrogen-bond donors (Lipinski definition) is 1. The second-order valence-electron chi connectivity index (χ2n) is 5.86. The number of aliphatic carboxylic acids is 1. The molecule has 1 amide bonds. The maximum Gasteiger partial charge on any atom is 0.312 e. The van der Waals surface area contributed by atoms with Crippen molar-refractivity contribution < 1.29 is 14.7 Å². The molecule has 4 heteroatoms. The molecule has 1 heterocycles. The van der Waals surface area contributed by atoms with Crippen LogP contribution in [0.1, 0.15) is 42.7 Å². The van der Waals surface area contributed by atoms with E-state index >= 15 is 0 Å². The number of amides is 1. The molecule has 0 aromatic heterocycles. The number of hydrogen-bond acceptors (Lipinski definition) is 2. The lowest BCUT2D eigenvalue weighted by Gasteiger charge is -2.35. The largest absolute Gasteiger partial charge is 0.481 e. The Balaban J connectivity index is 1.78. The van der Waals surface area contributed by atoms with E-state index in [2.05, 4.69) is 0 Å². The van der Waals surface area contributed by atoms with E-state index in [0.717, 1.165) is 24.0 Å². The van der Waals surface area contributed by atoms with Crippen molar-refractivity contribution in [3.8, 4) is 0 Å². The Morgan fingerprint density at radius 1 is 1.25 bits per heavy atom. The second kappa shape index (κ2) is 5.27. The summed E-state index contributed by atoms with van der Waals surface area (Å²) in [5.41, 5.74) is 1.82. The number of rotatable bonds is 3. The minimum atomic E-state index is -0.849. The Morgan fingerprint density at radius 3 is 2.65 bits per heavy atom. The van der Waals surface area contributed by atoms with Gasteiger partial charge in [0.1, 0.15) is 0 Å². The van der Waals surface area contributed by atoms with E-state index in [1.54, 1.807) is 4.90 Å². The number of carbonyl (C=O) groups excluding carboxylic acids is 1. The van der Waals surface area contributed by atoms with Gasteiger partial charge in [0.25, 0.3) is 0 Å². The summed E-state index contributed by atoms with van der Waals surface area (Å²) in [6.45, 7) is 0.851. The molecule has 3 rings (SSSR count). The van der Waals surface area contributed by atoms with E-state index in [0.29, 0.717) is 25.4 Å². The quantitative estimate of drug-likeness (QED) is 0.920. The van der Waals surface area contributed by atoms with Crippen molar-refractivity contribution in [2.75, 3.05) is 6.54 Å². The zero-order valence-electron chi connectivity index (χ0n) is 11.4. The average molecular weight is 273 g/mol. The van der Waals surface area contributed by atoms with Crippen LogP contribution < -0.4 is 0 Å². The summed E-state index contributed by atoms with van der Waals surface area (Å²) in [7, 11) is 0. The van der Waals surface area contributed by atoms with Gasteiger partial charge in [0.05, 0.1) is 5.92 Å². The first kappa shape index (κ1) is 13.2. The molecule has 1 aliphatic heterocycles. The maximum absolute atomic E-state index is 12.3. The Bertz CT molecular complexity index is 536. The van der Waals surface area contributed by atoms with Crippen molar-refractivity contribution in [1.29, 1.82) is 0 Å². The lowest BCUT2D eigenvalue weighted by atomic mass is 9.82. The fourth-order valence-electron chi connectivity index (χ4n) is 3.08. The molecule has 1 unspecified atom stereocenters. The number of carbonyl (C=O) groups is 2. The van der Waals surface area contributed by atoms with Crippen molar-refractivity contribution in [1.82, 2.24) is 4.90 Å². The van der Waals surface area contributed by atoms with Crippen LogP contribution in [0.4, 0.5) is 0 Å². The van der Waals surface area contributed by atoms with Gasteiger partial charge in [-0.05, 0) is 29.9 Å². The summed E-state index contributed by atoms with van der Waals surface area (Å²) in [4.78, 5) is 25.5. The Kier molecular flexibility index (Phi) is 3.47. The Morgan fingerprint density at radius 2 is 2.00 bits per heavy atom. The van der Waals surface area contributed by atoms with Gasteiger partial charge in [-0.1, -0.05) is 30.7 Å². The molecule has 0 saturated heterocycles. The Labute approximate surface area is 118 Å². The van der Waals surface area contributed by atoms with Crippen LogP contribution in [0.15, 0.2) is 24.3 Å². The maximum atomic E-state index is 12.3. The van der Waals surface area contributed by atoms with Crippen LogP contribution in [0.3, 0.4) is 0 Å². The third-order valence-electron chi connectivity index (χ3n) is 4.53. The molecule has 4 nitrogen and oxygen atoms in total. The number of nitrogens with zero attached hydrogens (tertiary/aromatic N) is 1. The summed E-state index contributed by atoms with van der Waals surface area (Å²) >= 11 is 0. The van der Waals surface area contributed by atoms with E-state index in [9.17, 15) is 14.7 Å². The third kappa shape index (κ3) is 2.42. The molecule has 2 aliphatic rings. The van der Waals surface area contributed by atoms with Gasteiger partial charge in [0.2, 0.25) is 5.91 Å². The van der Waals surface area contributed by atoms with Gasteiger partial charge in [-0.25, -0.2) is 0 Å². The Hall–Kier alpha value is -1.84. The summed E-state index contributed by atoms with van der Waals surface area (Å²) in [5, 5.41) is 9.39. The first-order valence-corrected chi connectivity index (χ1v) is 7.23. The predicted molar refractivity (Wildman–Crippen MR) is 74.2 cm³/mol. The second-order valence-corrected chi connectivity index (χ2v) is 5.86. The molecule has 1 aromatic carbocycles. The van der Waals surface area contributed by atoms with Gasteiger partial charge in [0.15, 0.2) is 0 Å². The third-order valence-corrected chi connectivity index (χ3v) is 4.53. The van der Waals surface area contributed by atoms with E-state index in [1.807, 2.05) is 24.3 Å². The molecule has 1 aliphatic carbocycles. The summed E-state index contributed by atoms with van der Waals surface area (Å²) < 4.78 is 0. The van der Waals surface area contributed by atoms with Crippen LogP contribution in [-0.2, 0) is 16.1 Å². The van der Waals surface area contributed by atoms with E-state index in [4.69, 9.17) is 0 Å². The number of fused-ring (bicyclic) bond motifs is 1. The fourth-order valence-corrected chi connectivity index (χ4v) is 3.08. The first-order chi connectivity index (χ1) is 9.65. The van der Waals surface area contributed by atoms with Crippen LogP contribution in [0.5, 0.6) is 0 Å². The van der Waals surface area contributed by atoms with Crippen molar-refractivity contribution >= 4 is 11.9 Å². The van der Waals surface area contributed by atoms with Crippen molar-refractivity contribution in [2.45, 2.75) is 38.1 Å². The molecule has 1 atom stereocenters. The average Bonchev–Trinajstić information content (AvgIpc) is 2.41.